The van der Waals surface area contributed by atoms with Gasteiger partial charge in [-0.15, -0.1) is 0 Å². The van der Waals surface area contributed by atoms with Crippen LogP contribution in [0.15, 0.2) is 46.9 Å². The molecule has 2 aromatic rings. The molecule has 0 heterocycles. The molecule has 0 saturated heterocycles. The molecule has 5 heteroatoms. The van der Waals surface area contributed by atoms with Crippen LogP contribution in [-0.4, -0.2) is 13.1 Å². The molecule has 0 aliphatic carbocycles. The van der Waals surface area contributed by atoms with Crippen molar-refractivity contribution in [2.45, 2.75) is 6.61 Å². The number of hydrogen-bond donors (Lipinski definition) is 1. The van der Waals surface area contributed by atoms with Crippen molar-refractivity contribution in [1.29, 1.82) is 0 Å². The molecule has 104 valence electrons. The van der Waals surface area contributed by atoms with E-state index in [1.807, 2.05) is 24.3 Å². The fourth-order valence-corrected chi connectivity index (χ4v) is 2.14. The summed E-state index contributed by atoms with van der Waals surface area (Å²) in [6.07, 6.45) is 0. The Balaban J connectivity index is 2.08. The van der Waals surface area contributed by atoms with Gasteiger partial charge in [-0.05, 0) is 35.9 Å². The number of nitrogens with two attached hydrogens (primary N) is 1. The molecule has 20 heavy (non-hydrogen) atoms. The SMILES string of the molecule is COc1ccc(N)c(C(=O)OCc2cccc(Br)c2)c1. The number of rotatable bonds is 4. The maximum absolute atomic E-state index is 12.0. The minimum atomic E-state index is -0.471. The first-order valence-corrected chi connectivity index (χ1v) is 6.74. The fraction of sp³-hybridized carbons (Fsp3) is 0.133. The van der Waals surface area contributed by atoms with Crippen LogP contribution < -0.4 is 10.5 Å². The van der Waals surface area contributed by atoms with Gasteiger partial charge in [-0.1, -0.05) is 28.1 Å². The van der Waals surface area contributed by atoms with E-state index in [2.05, 4.69) is 15.9 Å². The van der Waals surface area contributed by atoms with Crippen molar-refractivity contribution < 1.29 is 14.3 Å². The van der Waals surface area contributed by atoms with Crippen LogP contribution in [0.5, 0.6) is 5.75 Å². The average molecular weight is 336 g/mol. The molecule has 0 atom stereocenters. The first-order chi connectivity index (χ1) is 9.60. The zero-order chi connectivity index (χ0) is 14.5. The highest BCUT2D eigenvalue weighted by Gasteiger charge is 2.12. The lowest BCUT2D eigenvalue weighted by Crippen LogP contribution is -2.08. The topological polar surface area (TPSA) is 61.5 Å². The molecule has 0 radical (unpaired) electrons. The first kappa shape index (κ1) is 14.4. The van der Waals surface area contributed by atoms with Crippen LogP contribution in [0.2, 0.25) is 0 Å². The number of halogens is 1. The number of carbonyl (C=O) groups is 1. The lowest BCUT2D eigenvalue weighted by Gasteiger charge is -2.09. The zero-order valence-corrected chi connectivity index (χ0v) is 12.5. The van der Waals surface area contributed by atoms with Crippen LogP contribution >= 0.6 is 15.9 Å². The van der Waals surface area contributed by atoms with Gasteiger partial charge >= 0.3 is 5.97 Å². The molecule has 0 saturated carbocycles. The summed E-state index contributed by atoms with van der Waals surface area (Å²) in [7, 11) is 1.53. The van der Waals surface area contributed by atoms with E-state index in [0.29, 0.717) is 17.0 Å². The standard InChI is InChI=1S/C15H14BrNO3/c1-19-12-5-6-14(17)13(8-12)15(18)20-9-10-3-2-4-11(16)7-10/h2-8H,9,17H2,1H3. The van der Waals surface area contributed by atoms with Crippen molar-refractivity contribution in [2.75, 3.05) is 12.8 Å². The number of carbonyl (C=O) groups excluding carboxylic acids is 1. The van der Waals surface area contributed by atoms with Crippen LogP contribution in [0.4, 0.5) is 5.69 Å². The maximum Gasteiger partial charge on any atom is 0.340 e. The van der Waals surface area contributed by atoms with Gasteiger partial charge in [0, 0.05) is 10.2 Å². The molecule has 0 amide bonds. The molecule has 0 aliphatic heterocycles. The van der Waals surface area contributed by atoms with E-state index < -0.39 is 5.97 Å². The minimum absolute atomic E-state index is 0.189. The molecule has 0 fully saturated rings. The number of ether oxygens (including phenoxy) is 2. The van der Waals surface area contributed by atoms with Crippen LogP contribution in [-0.2, 0) is 11.3 Å². The number of esters is 1. The predicted molar refractivity (Wildman–Crippen MR) is 80.7 cm³/mol. The second-order valence-electron chi connectivity index (χ2n) is 4.16. The Morgan fingerprint density at radius 2 is 2.05 bits per heavy atom. The van der Waals surface area contributed by atoms with E-state index in [4.69, 9.17) is 15.2 Å². The van der Waals surface area contributed by atoms with Gasteiger partial charge in [0.2, 0.25) is 0 Å². The third-order valence-corrected chi connectivity index (χ3v) is 3.23. The van der Waals surface area contributed by atoms with Crippen molar-refractivity contribution >= 4 is 27.6 Å². The van der Waals surface area contributed by atoms with Crippen LogP contribution in [0.3, 0.4) is 0 Å². The van der Waals surface area contributed by atoms with Crippen LogP contribution in [0.1, 0.15) is 15.9 Å². The number of anilines is 1. The van der Waals surface area contributed by atoms with Gasteiger partial charge in [0.05, 0.1) is 12.7 Å². The third kappa shape index (κ3) is 3.51. The summed E-state index contributed by atoms with van der Waals surface area (Å²) in [6.45, 7) is 0.189. The van der Waals surface area contributed by atoms with Crippen molar-refractivity contribution in [3.05, 3.63) is 58.1 Å². The van der Waals surface area contributed by atoms with Crippen molar-refractivity contribution in [3.8, 4) is 5.75 Å². The summed E-state index contributed by atoms with van der Waals surface area (Å²) in [5.41, 5.74) is 7.34. The van der Waals surface area contributed by atoms with Gasteiger partial charge in [0.25, 0.3) is 0 Å². The van der Waals surface area contributed by atoms with Gasteiger partial charge < -0.3 is 15.2 Å². The van der Waals surface area contributed by atoms with E-state index in [1.165, 1.54) is 7.11 Å². The van der Waals surface area contributed by atoms with Crippen molar-refractivity contribution in [2.24, 2.45) is 0 Å². The Bertz CT molecular complexity index is 628. The molecule has 0 aromatic heterocycles. The normalized spacial score (nSPS) is 10.1. The summed E-state index contributed by atoms with van der Waals surface area (Å²) >= 11 is 3.37. The monoisotopic (exact) mass is 335 g/mol. The Labute approximate surface area is 125 Å². The second kappa shape index (κ2) is 6.43. The Morgan fingerprint density at radius 1 is 1.25 bits per heavy atom. The number of hydrogen-bond acceptors (Lipinski definition) is 4. The van der Waals surface area contributed by atoms with Crippen molar-refractivity contribution in [3.63, 3.8) is 0 Å². The van der Waals surface area contributed by atoms with E-state index in [0.717, 1.165) is 10.0 Å². The largest absolute Gasteiger partial charge is 0.497 e. The number of benzene rings is 2. The smallest absolute Gasteiger partial charge is 0.340 e. The summed E-state index contributed by atoms with van der Waals surface area (Å²) < 4.78 is 11.3. The quantitative estimate of drug-likeness (QED) is 0.687. The molecule has 0 spiro atoms. The van der Waals surface area contributed by atoms with Gasteiger partial charge in [-0.25, -0.2) is 4.79 Å². The molecule has 0 unspecified atom stereocenters. The first-order valence-electron chi connectivity index (χ1n) is 5.95. The van der Waals surface area contributed by atoms with E-state index in [1.54, 1.807) is 18.2 Å². The minimum Gasteiger partial charge on any atom is -0.497 e. The molecule has 0 aliphatic rings. The number of methoxy groups -OCH3 is 1. The molecular formula is C15H14BrNO3. The summed E-state index contributed by atoms with van der Waals surface area (Å²) in [5.74, 6) is 0.0926. The zero-order valence-electron chi connectivity index (χ0n) is 10.9. The van der Waals surface area contributed by atoms with E-state index in [9.17, 15) is 4.79 Å². The Hall–Kier alpha value is -2.01. The van der Waals surface area contributed by atoms with E-state index in [-0.39, 0.29) is 6.61 Å². The molecule has 2 aromatic carbocycles. The van der Waals surface area contributed by atoms with Gasteiger partial charge in [0.1, 0.15) is 12.4 Å². The lowest BCUT2D eigenvalue weighted by atomic mass is 10.1. The summed E-state index contributed by atoms with van der Waals surface area (Å²) in [4.78, 5) is 12.0. The summed E-state index contributed by atoms with van der Waals surface area (Å²) in [5, 5.41) is 0. The lowest BCUT2D eigenvalue weighted by molar-refractivity contribution is 0.0473. The second-order valence-corrected chi connectivity index (χ2v) is 5.07. The molecule has 4 nitrogen and oxygen atoms in total. The highest BCUT2D eigenvalue weighted by Crippen LogP contribution is 2.21. The van der Waals surface area contributed by atoms with Gasteiger partial charge in [-0.2, -0.15) is 0 Å². The Morgan fingerprint density at radius 3 is 2.75 bits per heavy atom. The average Bonchev–Trinajstić information content (AvgIpc) is 2.45. The summed E-state index contributed by atoms with van der Waals surface area (Å²) in [6, 6.07) is 12.4. The highest BCUT2D eigenvalue weighted by molar-refractivity contribution is 9.10. The fourth-order valence-electron chi connectivity index (χ4n) is 1.69. The van der Waals surface area contributed by atoms with Gasteiger partial charge in [-0.3, -0.25) is 0 Å². The highest BCUT2D eigenvalue weighted by atomic mass is 79.9. The predicted octanol–water partition coefficient (Wildman–Crippen LogP) is 3.40. The Kier molecular flexibility index (Phi) is 4.63. The van der Waals surface area contributed by atoms with E-state index >= 15 is 0 Å². The molecule has 2 N–H and O–H groups in total. The molecular weight excluding hydrogens is 322 g/mol. The molecule has 2 rings (SSSR count). The maximum atomic E-state index is 12.0. The third-order valence-electron chi connectivity index (χ3n) is 2.74. The van der Waals surface area contributed by atoms with Gasteiger partial charge in [0.15, 0.2) is 0 Å². The number of nitrogen functional groups attached to an aromatic ring is 1. The molecule has 0 bridgehead atoms. The van der Waals surface area contributed by atoms with Crippen LogP contribution in [0, 0.1) is 0 Å². The van der Waals surface area contributed by atoms with Crippen molar-refractivity contribution in [1.82, 2.24) is 0 Å². The van der Waals surface area contributed by atoms with Crippen LogP contribution in [0.25, 0.3) is 0 Å².